The maximum atomic E-state index is 13.0. The Kier molecular flexibility index (Phi) is 9.24. The number of hydrogen-bond donors (Lipinski definition) is 3. The van der Waals surface area contributed by atoms with Gasteiger partial charge >= 0.3 is 0 Å². The number of rotatable bonds is 11. The van der Waals surface area contributed by atoms with Gasteiger partial charge in [-0.15, -0.1) is 11.3 Å². The van der Waals surface area contributed by atoms with Crippen molar-refractivity contribution in [3.05, 3.63) is 28.8 Å². The molecular weight excluding hydrogens is 396 g/mol. The second-order valence-electron chi connectivity index (χ2n) is 8.30. The van der Waals surface area contributed by atoms with E-state index in [0.29, 0.717) is 25.3 Å². The van der Waals surface area contributed by atoms with Crippen LogP contribution < -0.4 is 16.4 Å². The minimum atomic E-state index is -0.660. The van der Waals surface area contributed by atoms with Gasteiger partial charge in [-0.3, -0.25) is 9.59 Å². The second kappa shape index (κ2) is 11.4. The van der Waals surface area contributed by atoms with Crippen LogP contribution in [0.15, 0.2) is 18.2 Å². The Bertz CT molecular complexity index is 849. The normalized spacial score (nSPS) is 14.5. The molecule has 0 spiro atoms. The molecule has 0 fully saturated rings. The number of amides is 2. The van der Waals surface area contributed by atoms with Crippen LogP contribution in [0.1, 0.15) is 70.4 Å². The smallest absolute Gasteiger partial charge is 0.243 e. The third-order valence-corrected chi connectivity index (χ3v) is 6.58. The van der Waals surface area contributed by atoms with Crippen molar-refractivity contribution >= 4 is 33.4 Å². The maximum Gasteiger partial charge on any atom is 0.243 e. The summed E-state index contributed by atoms with van der Waals surface area (Å²) in [5.74, 6) is 0.398. The average Bonchev–Trinajstić information content (AvgIpc) is 3.12. The van der Waals surface area contributed by atoms with E-state index in [-0.39, 0.29) is 23.8 Å². The minimum Gasteiger partial charge on any atom is -0.350 e. The molecule has 0 bridgehead atoms. The maximum absolute atomic E-state index is 13.0. The first-order valence-electron chi connectivity index (χ1n) is 11.0. The van der Waals surface area contributed by atoms with E-state index < -0.39 is 6.04 Å². The fraction of sp³-hybridized carbons (Fsp3) is 0.609. The first kappa shape index (κ1) is 24.3. The van der Waals surface area contributed by atoms with Gasteiger partial charge in [-0.1, -0.05) is 47.1 Å². The summed E-state index contributed by atoms with van der Waals surface area (Å²) in [6.07, 6.45) is 2.42. The fourth-order valence-electron chi connectivity index (χ4n) is 3.31. The van der Waals surface area contributed by atoms with Crippen LogP contribution in [0.2, 0.25) is 0 Å². The zero-order valence-corrected chi connectivity index (χ0v) is 19.6. The molecular formula is C23H36N4O2S. The Morgan fingerprint density at radius 1 is 1.17 bits per heavy atom. The highest BCUT2D eigenvalue weighted by atomic mass is 32.1. The summed E-state index contributed by atoms with van der Waals surface area (Å²) >= 11 is 1.58. The van der Waals surface area contributed by atoms with Crippen molar-refractivity contribution in [2.75, 3.05) is 6.54 Å². The summed E-state index contributed by atoms with van der Waals surface area (Å²) < 4.78 is 1.11. The quantitative estimate of drug-likeness (QED) is 0.504. The van der Waals surface area contributed by atoms with Crippen LogP contribution in [0, 0.1) is 5.92 Å². The number of nitrogens with one attached hydrogen (secondary N) is 2. The molecule has 0 aliphatic rings. The van der Waals surface area contributed by atoms with Crippen LogP contribution in [0.4, 0.5) is 0 Å². The van der Waals surface area contributed by atoms with E-state index >= 15 is 0 Å². The molecule has 0 saturated heterocycles. The molecule has 1 aromatic heterocycles. The van der Waals surface area contributed by atoms with Crippen LogP contribution in [-0.2, 0) is 16.0 Å². The van der Waals surface area contributed by atoms with Crippen molar-refractivity contribution in [3.63, 3.8) is 0 Å². The number of fused-ring (bicyclic) bond motifs is 1. The Labute approximate surface area is 184 Å². The minimum absolute atomic E-state index is 0.114. The van der Waals surface area contributed by atoms with Gasteiger partial charge in [-0.05, 0) is 36.0 Å². The number of carbonyl (C=O) groups excluding carboxylic acids is 2. The van der Waals surface area contributed by atoms with Gasteiger partial charge in [-0.25, -0.2) is 4.98 Å². The Hall–Kier alpha value is -1.99. The lowest BCUT2D eigenvalue weighted by atomic mass is 9.98. The zero-order valence-electron chi connectivity index (χ0n) is 18.8. The van der Waals surface area contributed by atoms with Gasteiger partial charge in [0.1, 0.15) is 6.04 Å². The monoisotopic (exact) mass is 432 g/mol. The SMILES string of the molecule is CCCC(=O)NC(Cc1nc2ccc(C(C)C)cc2s1)C(=O)NC(CN)C(C)CC. The van der Waals surface area contributed by atoms with E-state index in [2.05, 4.69) is 50.5 Å². The molecule has 3 unspecified atom stereocenters. The molecule has 1 aromatic carbocycles. The molecule has 2 aromatic rings. The lowest BCUT2D eigenvalue weighted by molar-refractivity contribution is -0.129. The highest BCUT2D eigenvalue weighted by molar-refractivity contribution is 7.18. The number of nitrogens with two attached hydrogens (primary N) is 1. The first-order valence-corrected chi connectivity index (χ1v) is 11.8. The van der Waals surface area contributed by atoms with Crippen molar-refractivity contribution < 1.29 is 9.59 Å². The molecule has 0 aliphatic carbocycles. The van der Waals surface area contributed by atoms with Crippen molar-refractivity contribution in [2.24, 2.45) is 11.7 Å². The fourth-order valence-corrected chi connectivity index (χ4v) is 4.38. The standard InChI is InChI=1S/C23H36N4O2S/c1-6-8-21(28)25-18(23(29)27-19(13-24)15(5)7-2)12-22-26-17-10-9-16(14(3)4)11-20(17)30-22/h9-11,14-15,18-19H,6-8,12-13,24H2,1-5H3,(H,25,28)(H,27,29). The summed E-state index contributed by atoms with van der Waals surface area (Å²) in [5, 5.41) is 6.79. The van der Waals surface area contributed by atoms with Crippen LogP contribution >= 0.6 is 11.3 Å². The third-order valence-electron chi connectivity index (χ3n) is 5.54. The number of carbonyl (C=O) groups is 2. The van der Waals surface area contributed by atoms with Crippen molar-refractivity contribution in [3.8, 4) is 0 Å². The predicted octanol–water partition coefficient (Wildman–Crippen LogP) is 3.74. The molecule has 1 heterocycles. The molecule has 166 valence electrons. The van der Waals surface area contributed by atoms with Gasteiger partial charge in [0, 0.05) is 25.4 Å². The van der Waals surface area contributed by atoms with E-state index in [1.54, 1.807) is 11.3 Å². The third kappa shape index (κ3) is 6.51. The molecule has 7 heteroatoms. The van der Waals surface area contributed by atoms with E-state index in [9.17, 15) is 9.59 Å². The van der Waals surface area contributed by atoms with E-state index in [4.69, 9.17) is 10.7 Å². The number of hydrogen-bond acceptors (Lipinski definition) is 5. The summed E-state index contributed by atoms with van der Waals surface area (Å²) in [6, 6.07) is 5.52. The Morgan fingerprint density at radius 2 is 1.90 bits per heavy atom. The summed E-state index contributed by atoms with van der Waals surface area (Å²) in [7, 11) is 0. The van der Waals surface area contributed by atoms with Gasteiger partial charge in [0.15, 0.2) is 0 Å². The molecule has 0 radical (unpaired) electrons. The number of aromatic nitrogens is 1. The largest absolute Gasteiger partial charge is 0.350 e. The zero-order chi connectivity index (χ0) is 22.3. The Morgan fingerprint density at radius 3 is 2.50 bits per heavy atom. The summed E-state index contributed by atoms with van der Waals surface area (Å²) in [6.45, 7) is 10.8. The second-order valence-corrected chi connectivity index (χ2v) is 9.42. The molecule has 6 nitrogen and oxygen atoms in total. The van der Waals surface area contributed by atoms with Crippen molar-refractivity contribution in [1.29, 1.82) is 0 Å². The lowest BCUT2D eigenvalue weighted by Gasteiger charge is -2.26. The molecule has 2 amide bonds. The molecule has 3 atom stereocenters. The lowest BCUT2D eigenvalue weighted by Crippen LogP contribution is -2.53. The van der Waals surface area contributed by atoms with Gasteiger partial charge < -0.3 is 16.4 Å². The molecule has 30 heavy (non-hydrogen) atoms. The molecule has 2 rings (SSSR count). The van der Waals surface area contributed by atoms with Gasteiger partial charge in [0.2, 0.25) is 11.8 Å². The van der Waals surface area contributed by atoms with E-state index in [1.165, 1.54) is 5.56 Å². The van der Waals surface area contributed by atoms with E-state index in [0.717, 1.165) is 28.1 Å². The molecule has 4 N–H and O–H groups in total. The first-order chi connectivity index (χ1) is 14.3. The molecule has 0 aliphatic heterocycles. The highest BCUT2D eigenvalue weighted by Gasteiger charge is 2.26. The number of thiazole rings is 1. The Balaban J connectivity index is 2.22. The van der Waals surface area contributed by atoms with Crippen molar-refractivity contribution in [1.82, 2.24) is 15.6 Å². The van der Waals surface area contributed by atoms with Crippen LogP contribution in [0.3, 0.4) is 0 Å². The van der Waals surface area contributed by atoms with Gasteiger partial charge in [-0.2, -0.15) is 0 Å². The number of nitrogens with zero attached hydrogens (tertiary/aromatic N) is 1. The van der Waals surface area contributed by atoms with Gasteiger partial charge in [0.05, 0.1) is 15.2 Å². The average molecular weight is 433 g/mol. The van der Waals surface area contributed by atoms with Crippen LogP contribution in [0.25, 0.3) is 10.2 Å². The van der Waals surface area contributed by atoms with Gasteiger partial charge in [0.25, 0.3) is 0 Å². The number of benzene rings is 1. The molecule has 0 saturated carbocycles. The van der Waals surface area contributed by atoms with Crippen LogP contribution in [-0.4, -0.2) is 35.4 Å². The van der Waals surface area contributed by atoms with Crippen LogP contribution in [0.5, 0.6) is 0 Å². The predicted molar refractivity (Wildman–Crippen MR) is 125 cm³/mol. The van der Waals surface area contributed by atoms with E-state index in [1.807, 2.05) is 13.0 Å². The summed E-state index contributed by atoms with van der Waals surface area (Å²) in [4.78, 5) is 30.0. The topological polar surface area (TPSA) is 97.1 Å². The van der Waals surface area contributed by atoms with Crippen molar-refractivity contribution in [2.45, 2.75) is 78.3 Å². The summed E-state index contributed by atoms with van der Waals surface area (Å²) in [5.41, 5.74) is 8.07. The highest BCUT2D eigenvalue weighted by Crippen LogP contribution is 2.27.